The second kappa shape index (κ2) is 10.7. The molecule has 4 N–H and O–H groups in total. The summed E-state index contributed by atoms with van der Waals surface area (Å²) in [7, 11) is 0. The Kier molecular flexibility index (Phi) is 7.50. The van der Waals surface area contributed by atoms with Crippen molar-refractivity contribution in [2.24, 2.45) is 17.6 Å². The third-order valence-electron chi connectivity index (χ3n) is 6.80. The van der Waals surface area contributed by atoms with Gasteiger partial charge in [-0.2, -0.15) is 0 Å². The number of amidine groups is 1. The van der Waals surface area contributed by atoms with Crippen LogP contribution >= 0.6 is 0 Å². The van der Waals surface area contributed by atoms with E-state index >= 15 is 0 Å². The van der Waals surface area contributed by atoms with Gasteiger partial charge < -0.3 is 20.5 Å². The van der Waals surface area contributed by atoms with E-state index in [1.807, 2.05) is 48.5 Å². The van der Waals surface area contributed by atoms with Crippen LogP contribution in [0, 0.1) is 17.2 Å². The topological polar surface area (TPSA) is 114 Å². The Labute approximate surface area is 200 Å². The van der Waals surface area contributed by atoms with Gasteiger partial charge in [-0.1, -0.05) is 43.3 Å². The molecule has 1 amide bonds. The van der Waals surface area contributed by atoms with Gasteiger partial charge in [0.2, 0.25) is 5.91 Å². The van der Waals surface area contributed by atoms with Gasteiger partial charge in [0.15, 0.2) is 0 Å². The maximum Gasteiger partial charge on any atom is 0.306 e. The molecule has 4 rings (SSSR count). The molecule has 7 nitrogen and oxygen atoms in total. The first-order valence-electron chi connectivity index (χ1n) is 12.0. The molecule has 0 spiro atoms. The second-order valence-corrected chi connectivity index (χ2v) is 9.54. The molecule has 2 atom stereocenters. The summed E-state index contributed by atoms with van der Waals surface area (Å²) in [5.41, 5.74) is 8.26. The van der Waals surface area contributed by atoms with Crippen molar-refractivity contribution in [1.29, 1.82) is 5.41 Å². The number of hydrogen-bond donors (Lipinski definition) is 3. The highest BCUT2D eigenvalue weighted by atomic mass is 16.5. The average molecular weight is 464 g/mol. The predicted octanol–water partition coefficient (Wildman–Crippen LogP) is 4.03. The normalized spacial score (nSPS) is 24.3. The van der Waals surface area contributed by atoms with Crippen LogP contribution in [0.5, 0.6) is 5.75 Å². The van der Waals surface area contributed by atoms with Crippen molar-refractivity contribution in [3.05, 3.63) is 54.1 Å². The number of hydrogen-bond acceptors (Lipinski definition) is 5. The van der Waals surface area contributed by atoms with Gasteiger partial charge in [-0.05, 0) is 61.3 Å². The van der Waals surface area contributed by atoms with Gasteiger partial charge in [0.25, 0.3) is 0 Å². The zero-order valence-corrected chi connectivity index (χ0v) is 19.6. The van der Waals surface area contributed by atoms with E-state index in [0.717, 1.165) is 36.8 Å². The monoisotopic (exact) mass is 463 g/mol. The molecule has 0 bridgehead atoms. The van der Waals surface area contributed by atoms with Crippen LogP contribution in [0.15, 0.2) is 48.5 Å². The highest BCUT2D eigenvalue weighted by Gasteiger charge is 2.35. The molecule has 1 heterocycles. The number of nitrogen functional groups attached to an aromatic ring is 1. The minimum absolute atomic E-state index is 0.00217. The zero-order valence-electron chi connectivity index (χ0n) is 19.6. The average Bonchev–Trinajstić information content (AvgIpc) is 3.18. The van der Waals surface area contributed by atoms with E-state index in [0.29, 0.717) is 30.3 Å². The van der Waals surface area contributed by atoms with Crippen LogP contribution < -0.4 is 15.8 Å². The van der Waals surface area contributed by atoms with Gasteiger partial charge >= 0.3 is 5.97 Å². The highest BCUT2D eigenvalue weighted by Crippen LogP contribution is 2.28. The minimum atomic E-state index is -0.357. The van der Waals surface area contributed by atoms with Crippen molar-refractivity contribution in [1.82, 2.24) is 5.32 Å². The van der Waals surface area contributed by atoms with Crippen LogP contribution in [0.1, 0.15) is 51.0 Å². The second-order valence-electron chi connectivity index (χ2n) is 9.54. The summed E-state index contributed by atoms with van der Waals surface area (Å²) in [4.78, 5) is 24.7. The molecule has 1 aliphatic carbocycles. The smallest absolute Gasteiger partial charge is 0.306 e. The largest absolute Gasteiger partial charge is 0.491 e. The van der Waals surface area contributed by atoms with Crippen LogP contribution in [0.25, 0.3) is 11.1 Å². The van der Waals surface area contributed by atoms with Crippen LogP contribution in [0.2, 0.25) is 0 Å². The Bertz CT molecular complexity index is 1010. The van der Waals surface area contributed by atoms with Gasteiger partial charge in [0.1, 0.15) is 24.3 Å². The molecule has 2 aliphatic rings. The lowest BCUT2D eigenvalue weighted by atomic mass is 9.89. The number of carbonyl (C=O) groups is 2. The van der Waals surface area contributed by atoms with Crippen molar-refractivity contribution < 1.29 is 19.1 Å². The lowest BCUT2D eigenvalue weighted by Crippen LogP contribution is -2.31. The van der Waals surface area contributed by atoms with Crippen molar-refractivity contribution in [3.8, 4) is 16.9 Å². The van der Waals surface area contributed by atoms with Crippen molar-refractivity contribution in [2.45, 2.75) is 57.6 Å². The fraction of sp³-hybridized carbons (Fsp3) is 0.444. The lowest BCUT2D eigenvalue weighted by molar-refractivity contribution is -0.153. The Hall–Kier alpha value is -3.35. The SMILES string of the molecule is CC1CCC(OC(=O)C[C@@H]2C[C@@H](COc3ccc(-c4ccc(C(=N)N)cc4)cc3)NC2=O)CC1. The van der Waals surface area contributed by atoms with E-state index in [1.165, 1.54) is 0 Å². The third kappa shape index (κ3) is 6.16. The molecule has 2 aromatic carbocycles. The molecule has 0 radical (unpaired) electrons. The number of benzene rings is 2. The molecule has 1 aliphatic heterocycles. The van der Waals surface area contributed by atoms with Crippen LogP contribution in [-0.4, -0.2) is 36.5 Å². The fourth-order valence-electron chi connectivity index (χ4n) is 4.68. The Morgan fingerprint density at radius 3 is 2.26 bits per heavy atom. The van der Waals surface area contributed by atoms with E-state index in [2.05, 4.69) is 12.2 Å². The summed E-state index contributed by atoms with van der Waals surface area (Å²) >= 11 is 0. The molecule has 7 heteroatoms. The Balaban J connectivity index is 1.23. The van der Waals surface area contributed by atoms with Crippen molar-refractivity contribution in [3.63, 3.8) is 0 Å². The number of ether oxygens (including phenoxy) is 2. The summed E-state index contributed by atoms with van der Waals surface area (Å²) in [6.45, 7) is 2.58. The van der Waals surface area contributed by atoms with E-state index in [-0.39, 0.29) is 42.2 Å². The number of nitrogens with two attached hydrogens (primary N) is 1. The fourth-order valence-corrected chi connectivity index (χ4v) is 4.68. The minimum Gasteiger partial charge on any atom is -0.491 e. The van der Waals surface area contributed by atoms with E-state index in [1.54, 1.807) is 0 Å². The lowest BCUT2D eigenvalue weighted by Gasteiger charge is -2.26. The van der Waals surface area contributed by atoms with Gasteiger partial charge in [0.05, 0.1) is 18.4 Å². The van der Waals surface area contributed by atoms with Gasteiger partial charge in [-0.15, -0.1) is 0 Å². The number of amides is 1. The molecule has 0 aromatic heterocycles. The summed E-state index contributed by atoms with van der Waals surface area (Å²) in [5.74, 6) is 0.733. The Morgan fingerprint density at radius 1 is 1.03 bits per heavy atom. The van der Waals surface area contributed by atoms with Crippen LogP contribution in [0.3, 0.4) is 0 Å². The molecule has 180 valence electrons. The van der Waals surface area contributed by atoms with Crippen molar-refractivity contribution >= 4 is 17.7 Å². The molecule has 2 fully saturated rings. The quantitative estimate of drug-likeness (QED) is 0.311. The first kappa shape index (κ1) is 23.8. The first-order valence-corrected chi connectivity index (χ1v) is 12.0. The summed E-state index contributed by atoms with van der Waals surface area (Å²) in [6.07, 6.45) is 4.72. The number of rotatable bonds is 8. The molecule has 34 heavy (non-hydrogen) atoms. The van der Waals surface area contributed by atoms with Crippen molar-refractivity contribution in [2.75, 3.05) is 6.61 Å². The molecule has 1 saturated carbocycles. The maximum atomic E-state index is 12.3. The van der Waals surface area contributed by atoms with E-state index < -0.39 is 0 Å². The highest BCUT2D eigenvalue weighted by molar-refractivity contribution is 5.95. The van der Waals surface area contributed by atoms with Gasteiger partial charge in [-0.25, -0.2) is 0 Å². The van der Waals surface area contributed by atoms with Gasteiger partial charge in [0, 0.05) is 5.56 Å². The van der Waals surface area contributed by atoms with Crippen LogP contribution in [-0.2, 0) is 14.3 Å². The molecule has 2 aromatic rings. The van der Waals surface area contributed by atoms with Crippen LogP contribution in [0.4, 0.5) is 0 Å². The summed E-state index contributed by atoms with van der Waals surface area (Å²) in [5, 5.41) is 10.4. The summed E-state index contributed by atoms with van der Waals surface area (Å²) in [6, 6.07) is 15.1. The predicted molar refractivity (Wildman–Crippen MR) is 131 cm³/mol. The number of nitrogens with one attached hydrogen (secondary N) is 2. The molecular formula is C27H33N3O4. The first-order chi connectivity index (χ1) is 16.4. The Morgan fingerprint density at radius 2 is 1.65 bits per heavy atom. The van der Waals surface area contributed by atoms with E-state index in [9.17, 15) is 9.59 Å². The zero-order chi connectivity index (χ0) is 24.1. The number of esters is 1. The standard InChI is InChI=1S/C27H33N3O4/c1-17-2-10-24(11-3-17)34-25(31)15-21-14-22(30-27(21)32)16-33-23-12-8-19(9-13-23)18-4-6-20(7-5-18)26(28)29/h4-9,12-13,17,21-22,24H,2-3,10-11,14-16H2,1H3,(H3,28,29)(H,30,32)/t17?,21-,22-,24?/m0/s1. The van der Waals surface area contributed by atoms with E-state index in [4.69, 9.17) is 20.6 Å². The molecule has 1 saturated heterocycles. The summed E-state index contributed by atoms with van der Waals surface area (Å²) < 4.78 is 11.5. The number of carbonyl (C=O) groups excluding carboxylic acids is 2. The van der Waals surface area contributed by atoms with Gasteiger partial charge in [-0.3, -0.25) is 15.0 Å². The molecular weight excluding hydrogens is 430 g/mol. The third-order valence-corrected chi connectivity index (χ3v) is 6.80. The maximum absolute atomic E-state index is 12.3. The molecule has 0 unspecified atom stereocenters.